The number of esters is 1. The first-order valence-corrected chi connectivity index (χ1v) is 8.51. The Balaban J connectivity index is 2.18. The zero-order valence-corrected chi connectivity index (χ0v) is 14.5. The molecule has 23 heavy (non-hydrogen) atoms. The van der Waals surface area contributed by atoms with Gasteiger partial charge < -0.3 is 10.1 Å². The van der Waals surface area contributed by atoms with E-state index in [9.17, 15) is 9.59 Å². The smallest absolute Gasteiger partial charge is 0.306 e. The molecule has 0 spiro atoms. The van der Waals surface area contributed by atoms with Crippen LogP contribution in [-0.4, -0.2) is 18.4 Å². The molecule has 1 N–H and O–H groups in total. The summed E-state index contributed by atoms with van der Waals surface area (Å²) < 4.78 is 5.21. The number of carbonyl (C=O) groups is 2. The van der Waals surface area contributed by atoms with Crippen LogP contribution in [-0.2, 0) is 20.9 Å². The molecule has 0 saturated heterocycles. The van der Waals surface area contributed by atoms with Gasteiger partial charge in [0.25, 0.3) is 0 Å². The largest absolute Gasteiger partial charge is 0.461 e. The summed E-state index contributed by atoms with van der Waals surface area (Å²) in [6.07, 6.45) is 2.84. The molecule has 0 aliphatic carbocycles. The first-order valence-electron chi connectivity index (χ1n) is 8.51. The van der Waals surface area contributed by atoms with Crippen molar-refractivity contribution in [3.05, 3.63) is 35.9 Å². The van der Waals surface area contributed by atoms with Crippen LogP contribution < -0.4 is 5.32 Å². The number of benzene rings is 1. The Morgan fingerprint density at radius 3 is 2.48 bits per heavy atom. The van der Waals surface area contributed by atoms with Crippen LogP contribution in [0.4, 0.5) is 0 Å². The second kappa shape index (κ2) is 10.8. The van der Waals surface area contributed by atoms with Gasteiger partial charge in [-0.1, -0.05) is 57.5 Å². The molecule has 0 aliphatic heterocycles. The zero-order chi connectivity index (χ0) is 17.1. The van der Waals surface area contributed by atoms with Crippen molar-refractivity contribution in [1.82, 2.24) is 5.32 Å². The molecule has 0 saturated carbocycles. The molecule has 4 nitrogen and oxygen atoms in total. The lowest BCUT2D eigenvalue weighted by atomic mass is 9.90. The molecule has 0 heterocycles. The highest BCUT2D eigenvalue weighted by Crippen LogP contribution is 2.17. The quantitative estimate of drug-likeness (QED) is 0.528. The third kappa shape index (κ3) is 7.82. The predicted octanol–water partition coefficient (Wildman–Crippen LogP) is 3.70. The summed E-state index contributed by atoms with van der Waals surface area (Å²) in [5, 5.41) is 2.93. The number of hydrogen-bond donors (Lipinski definition) is 1. The minimum Gasteiger partial charge on any atom is -0.461 e. The average molecular weight is 319 g/mol. The van der Waals surface area contributed by atoms with Crippen molar-refractivity contribution in [1.29, 1.82) is 0 Å². The highest BCUT2D eigenvalue weighted by atomic mass is 16.5. The third-order valence-corrected chi connectivity index (χ3v) is 3.84. The molecule has 1 aromatic carbocycles. The molecule has 1 aromatic rings. The number of hydrogen-bond acceptors (Lipinski definition) is 3. The summed E-state index contributed by atoms with van der Waals surface area (Å²) >= 11 is 0. The standard InChI is InChI=1S/C19H29NO3/c1-4-9-17(15(2)3)19(22)20-13-8-12-18(21)23-14-16-10-6-5-7-11-16/h5-7,10-11,15,17H,4,8-9,12-14H2,1-3H3,(H,20,22). The van der Waals surface area contributed by atoms with Gasteiger partial charge in [-0.25, -0.2) is 0 Å². The molecule has 1 rings (SSSR count). The van der Waals surface area contributed by atoms with E-state index in [0.29, 0.717) is 31.9 Å². The lowest BCUT2D eigenvalue weighted by Gasteiger charge is -2.19. The minimum atomic E-state index is -0.225. The maximum atomic E-state index is 12.1. The van der Waals surface area contributed by atoms with Gasteiger partial charge in [0.05, 0.1) is 0 Å². The van der Waals surface area contributed by atoms with Gasteiger partial charge >= 0.3 is 5.97 Å². The minimum absolute atomic E-state index is 0.0602. The van der Waals surface area contributed by atoms with Gasteiger partial charge in [-0.2, -0.15) is 0 Å². The van der Waals surface area contributed by atoms with Crippen molar-refractivity contribution in [2.45, 2.75) is 53.1 Å². The molecule has 1 amide bonds. The van der Waals surface area contributed by atoms with Crippen LogP contribution in [0.15, 0.2) is 30.3 Å². The van der Waals surface area contributed by atoms with E-state index in [4.69, 9.17) is 4.74 Å². The lowest BCUT2D eigenvalue weighted by molar-refractivity contribution is -0.145. The van der Waals surface area contributed by atoms with Gasteiger partial charge in [-0.15, -0.1) is 0 Å². The fourth-order valence-corrected chi connectivity index (χ4v) is 2.46. The molecule has 0 bridgehead atoms. The highest BCUT2D eigenvalue weighted by Gasteiger charge is 2.20. The number of ether oxygens (including phenoxy) is 1. The van der Waals surface area contributed by atoms with E-state index in [1.165, 1.54) is 0 Å². The van der Waals surface area contributed by atoms with Gasteiger partial charge in [0.15, 0.2) is 0 Å². The summed E-state index contributed by atoms with van der Waals surface area (Å²) in [4.78, 5) is 23.8. The normalized spacial score (nSPS) is 12.0. The monoisotopic (exact) mass is 319 g/mol. The SMILES string of the molecule is CCCC(C(=O)NCCCC(=O)OCc1ccccc1)C(C)C. The summed E-state index contributed by atoms with van der Waals surface area (Å²) in [5.74, 6) is 0.271. The second-order valence-electron chi connectivity index (χ2n) is 6.18. The van der Waals surface area contributed by atoms with Gasteiger partial charge in [0, 0.05) is 18.9 Å². The highest BCUT2D eigenvalue weighted by molar-refractivity contribution is 5.78. The number of amides is 1. The zero-order valence-electron chi connectivity index (χ0n) is 14.5. The number of carbonyl (C=O) groups excluding carboxylic acids is 2. The predicted molar refractivity (Wildman–Crippen MR) is 91.7 cm³/mol. The first-order chi connectivity index (χ1) is 11.0. The van der Waals surface area contributed by atoms with Crippen LogP contribution >= 0.6 is 0 Å². The van der Waals surface area contributed by atoms with Gasteiger partial charge in [0.1, 0.15) is 6.61 Å². The number of nitrogens with one attached hydrogen (secondary N) is 1. The Kier molecular flexibility index (Phi) is 9.03. The topological polar surface area (TPSA) is 55.4 Å². The van der Waals surface area contributed by atoms with E-state index in [0.717, 1.165) is 18.4 Å². The van der Waals surface area contributed by atoms with Gasteiger partial charge in [0.2, 0.25) is 5.91 Å². The summed E-state index contributed by atoms with van der Waals surface area (Å²) in [6.45, 7) is 7.05. The summed E-state index contributed by atoms with van der Waals surface area (Å²) in [6, 6.07) is 9.61. The Hall–Kier alpha value is -1.84. The van der Waals surface area contributed by atoms with E-state index in [1.54, 1.807) is 0 Å². The molecule has 0 aromatic heterocycles. The van der Waals surface area contributed by atoms with Crippen LogP contribution in [0, 0.1) is 11.8 Å². The van der Waals surface area contributed by atoms with Crippen LogP contribution in [0.2, 0.25) is 0 Å². The fraction of sp³-hybridized carbons (Fsp3) is 0.579. The Labute approximate surface area is 139 Å². The van der Waals surface area contributed by atoms with E-state index in [1.807, 2.05) is 30.3 Å². The molecular weight excluding hydrogens is 290 g/mol. The third-order valence-electron chi connectivity index (χ3n) is 3.84. The Bertz CT molecular complexity index is 471. The molecule has 0 aliphatic rings. The Morgan fingerprint density at radius 1 is 1.17 bits per heavy atom. The second-order valence-corrected chi connectivity index (χ2v) is 6.18. The summed E-state index contributed by atoms with van der Waals surface area (Å²) in [5.41, 5.74) is 0.980. The van der Waals surface area contributed by atoms with Crippen molar-refractivity contribution in [3.63, 3.8) is 0 Å². The van der Waals surface area contributed by atoms with Crippen molar-refractivity contribution >= 4 is 11.9 Å². The first kappa shape index (κ1) is 19.2. The molecule has 0 fully saturated rings. The van der Waals surface area contributed by atoms with E-state index in [-0.39, 0.29) is 17.8 Å². The van der Waals surface area contributed by atoms with E-state index in [2.05, 4.69) is 26.1 Å². The van der Waals surface area contributed by atoms with Crippen molar-refractivity contribution in [2.24, 2.45) is 11.8 Å². The van der Waals surface area contributed by atoms with Crippen LogP contribution in [0.1, 0.15) is 52.0 Å². The molecule has 1 unspecified atom stereocenters. The molecule has 128 valence electrons. The average Bonchev–Trinajstić information content (AvgIpc) is 2.55. The number of rotatable bonds is 10. The van der Waals surface area contributed by atoms with Crippen molar-refractivity contribution in [2.75, 3.05) is 6.54 Å². The fourth-order valence-electron chi connectivity index (χ4n) is 2.46. The maximum absolute atomic E-state index is 12.1. The molecular formula is C19H29NO3. The van der Waals surface area contributed by atoms with Crippen LogP contribution in [0.5, 0.6) is 0 Å². The van der Waals surface area contributed by atoms with Gasteiger partial charge in [-0.05, 0) is 24.3 Å². The van der Waals surface area contributed by atoms with Gasteiger partial charge in [-0.3, -0.25) is 9.59 Å². The summed E-state index contributed by atoms with van der Waals surface area (Å²) in [7, 11) is 0. The van der Waals surface area contributed by atoms with Crippen LogP contribution in [0.25, 0.3) is 0 Å². The Morgan fingerprint density at radius 2 is 1.87 bits per heavy atom. The molecule has 0 radical (unpaired) electrons. The molecule has 4 heteroatoms. The maximum Gasteiger partial charge on any atom is 0.306 e. The van der Waals surface area contributed by atoms with Crippen molar-refractivity contribution in [3.8, 4) is 0 Å². The molecule has 1 atom stereocenters. The van der Waals surface area contributed by atoms with Crippen molar-refractivity contribution < 1.29 is 14.3 Å². The lowest BCUT2D eigenvalue weighted by Crippen LogP contribution is -2.34. The van der Waals surface area contributed by atoms with E-state index < -0.39 is 0 Å². The van der Waals surface area contributed by atoms with E-state index >= 15 is 0 Å². The van der Waals surface area contributed by atoms with Crippen LogP contribution in [0.3, 0.4) is 0 Å².